The zero-order valence-electron chi connectivity index (χ0n) is 15.4. The van der Waals surface area contributed by atoms with Crippen molar-refractivity contribution < 1.29 is 9.90 Å². The molecule has 6 heteroatoms. The fraction of sp³-hybridized carbons (Fsp3) is 0.632. The monoisotopic (exact) mass is 346 g/mol. The number of piperazine rings is 1. The minimum atomic E-state index is -0.424. The molecule has 0 saturated carbocycles. The van der Waals surface area contributed by atoms with E-state index < -0.39 is 6.10 Å². The van der Waals surface area contributed by atoms with E-state index in [-0.39, 0.29) is 5.91 Å². The molecular formula is C19H30N4O2. The molecule has 0 aliphatic carbocycles. The average Bonchev–Trinajstić information content (AvgIpc) is 3.01. The van der Waals surface area contributed by atoms with Crippen LogP contribution in [0, 0.1) is 0 Å². The van der Waals surface area contributed by atoms with Crippen LogP contribution in [0.25, 0.3) is 0 Å². The van der Waals surface area contributed by atoms with Gasteiger partial charge in [0.2, 0.25) is 5.91 Å². The number of likely N-dealkylation sites (N-methyl/N-ethyl adjacent to an activating group) is 2. The fourth-order valence-corrected chi connectivity index (χ4v) is 3.72. The molecule has 1 aromatic rings. The number of carbonyl (C=O) groups excluding carboxylic acids is 1. The van der Waals surface area contributed by atoms with Crippen LogP contribution in [-0.2, 0) is 11.2 Å². The van der Waals surface area contributed by atoms with E-state index in [1.165, 1.54) is 5.56 Å². The van der Waals surface area contributed by atoms with Crippen LogP contribution in [0.2, 0.25) is 0 Å². The summed E-state index contributed by atoms with van der Waals surface area (Å²) in [5, 5.41) is 10.4. The smallest absolute Gasteiger partial charge is 0.241 e. The number of β-amino-alcohol motifs (C(OH)–C–C–N with tert-alkyl or cyclic N) is 1. The van der Waals surface area contributed by atoms with E-state index in [4.69, 9.17) is 0 Å². The van der Waals surface area contributed by atoms with Gasteiger partial charge in [-0.3, -0.25) is 14.6 Å². The highest BCUT2D eigenvalue weighted by Crippen LogP contribution is 2.27. The molecule has 1 saturated heterocycles. The van der Waals surface area contributed by atoms with E-state index in [0.29, 0.717) is 19.6 Å². The molecule has 0 bridgehead atoms. The van der Waals surface area contributed by atoms with Crippen LogP contribution in [0.4, 0.5) is 5.69 Å². The molecule has 0 radical (unpaired) electrons. The standard InChI is InChI=1S/C19H30N4O2/c1-20-9-11-22(12-10-20)14-17(24)13-21(2)15-19(25)23-8-7-16-5-3-4-6-18(16)23/h3-6,17,24H,7-15H2,1-2H3. The molecule has 3 rings (SSSR count). The Bertz CT molecular complexity index is 587. The van der Waals surface area contributed by atoms with E-state index in [2.05, 4.69) is 22.9 Å². The van der Waals surface area contributed by atoms with E-state index in [0.717, 1.165) is 44.8 Å². The number of fused-ring (bicyclic) bond motifs is 1. The molecule has 2 heterocycles. The van der Waals surface area contributed by atoms with Gasteiger partial charge in [-0.25, -0.2) is 0 Å². The largest absolute Gasteiger partial charge is 0.390 e. The lowest BCUT2D eigenvalue weighted by Crippen LogP contribution is -2.49. The van der Waals surface area contributed by atoms with Gasteiger partial charge in [0, 0.05) is 51.5 Å². The summed E-state index contributed by atoms with van der Waals surface area (Å²) in [4.78, 5) is 21.0. The van der Waals surface area contributed by atoms with Gasteiger partial charge in [0.1, 0.15) is 0 Å². The third kappa shape index (κ3) is 4.79. The maximum atomic E-state index is 12.6. The first-order valence-corrected chi connectivity index (χ1v) is 9.18. The highest BCUT2D eigenvalue weighted by Gasteiger charge is 2.25. The second-order valence-electron chi connectivity index (χ2n) is 7.38. The SMILES string of the molecule is CN1CCN(CC(O)CN(C)CC(=O)N2CCc3ccccc32)CC1. The van der Waals surface area contributed by atoms with Crippen LogP contribution in [0.5, 0.6) is 0 Å². The summed E-state index contributed by atoms with van der Waals surface area (Å²) >= 11 is 0. The van der Waals surface area contributed by atoms with Crippen molar-refractivity contribution in [3.63, 3.8) is 0 Å². The molecule has 1 atom stereocenters. The van der Waals surface area contributed by atoms with Gasteiger partial charge in [0.05, 0.1) is 12.6 Å². The summed E-state index contributed by atoms with van der Waals surface area (Å²) in [5.74, 6) is 0.110. The molecule has 0 spiro atoms. The second kappa shape index (κ2) is 8.27. The van der Waals surface area contributed by atoms with Crippen molar-refractivity contribution >= 4 is 11.6 Å². The van der Waals surface area contributed by atoms with Gasteiger partial charge in [-0.15, -0.1) is 0 Å². The van der Waals surface area contributed by atoms with Gasteiger partial charge in [-0.2, -0.15) is 0 Å². The van der Waals surface area contributed by atoms with Crippen LogP contribution >= 0.6 is 0 Å². The number of aliphatic hydroxyl groups is 1. The molecule has 1 N–H and O–H groups in total. The molecule has 2 aliphatic rings. The first-order chi connectivity index (χ1) is 12.0. The van der Waals surface area contributed by atoms with Gasteiger partial charge in [-0.05, 0) is 32.1 Å². The Kier molecular flexibility index (Phi) is 6.06. The van der Waals surface area contributed by atoms with Gasteiger partial charge in [-0.1, -0.05) is 18.2 Å². The Morgan fingerprint density at radius 2 is 1.92 bits per heavy atom. The quantitative estimate of drug-likeness (QED) is 0.793. The number of hydrogen-bond acceptors (Lipinski definition) is 5. The maximum absolute atomic E-state index is 12.6. The van der Waals surface area contributed by atoms with E-state index in [1.807, 2.05) is 35.0 Å². The van der Waals surface area contributed by atoms with Crippen molar-refractivity contribution in [2.75, 3.05) is 71.4 Å². The molecule has 6 nitrogen and oxygen atoms in total. The van der Waals surface area contributed by atoms with Crippen LogP contribution in [-0.4, -0.2) is 98.3 Å². The Morgan fingerprint density at radius 3 is 2.68 bits per heavy atom. The summed E-state index contributed by atoms with van der Waals surface area (Å²) in [6.07, 6.45) is 0.504. The van der Waals surface area contributed by atoms with Crippen molar-refractivity contribution in [2.45, 2.75) is 12.5 Å². The summed E-state index contributed by atoms with van der Waals surface area (Å²) in [6, 6.07) is 8.11. The number of anilines is 1. The molecule has 1 amide bonds. The third-order valence-electron chi connectivity index (χ3n) is 5.18. The van der Waals surface area contributed by atoms with Crippen molar-refractivity contribution in [3.8, 4) is 0 Å². The molecule has 0 aromatic heterocycles. The van der Waals surface area contributed by atoms with Crippen molar-refractivity contribution in [1.82, 2.24) is 14.7 Å². The first kappa shape index (κ1) is 18.3. The van der Waals surface area contributed by atoms with Gasteiger partial charge in [0.25, 0.3) is 0 Å². The molecule has 25 heavy (non-hydrogen) atoms. The first-order valence-electron chi connectivity index (χ1n) is 9.18. The molecule has 138 valence electrons. The van der Waals surface area contributed by atoms with Crippen molar-refractivity contribution in [1.29, 1.82) is 0 Å². The van der Waals surface area contributed by atoms with Crippen LogP contribution in [0.15, 0.2) is 24.3 Å². The lowest BCUT2D eigenvalue weighted by molar-refractivity contribution is -0.119. The number of benzene rings is 1. The Balaban J connectivity index is 1.44. The Labute approximate surface area is 150 Å². The zero-order valence-corrected chi connectivity index (χ0v) is 15.4. The number of aliphatic hydroxyl groups excluding tert-OH is 1. The summed E-state index contributed by atoms with van der Waals surface area (Å²) in [6.45, 7) is 6.41. The molecule has 1 fully saturated rings. The third-order valence-corrected chi connectivity index (χ3v) is 5.18. The second-order valence-corrected chi connectivity index (χ2v) is 7.38. The Morgan fingerprint density at radius 1 is 1.20 bits per heavy atom. The topological polar surface area (TPSA) is 50.3 Å². The average molecular weight is 346 g/mol. The highest BCUT2D eigenvalue weighted by atomic mass is 16.3. The van der Waals surface area contributed by atoms with Crippen LogP contribution in [0.1, 0.15) is 5.56 Å². The molecular weight excluding hydrogens is 316 g/mol. The summed E-state index contributed by atoms with van der Waals surface area (Å²) < 4.78 is 0. The summed E-state index contributed by atoms with van der Waals surface area (Å²) in [5.41, 5.74) is 2.28. The van der Waals surface area contributed by atoms with Crippen LogP contribution < -0.4 is 4.90 Å². The van der Waals surface area contributed by atoms with Gasteiger partial charge >= 0.3 is 0 Å². The van der Waals surface area contributed by atoms with Crippen molar-refractivity contribution in [3.05, 3.63) is 29.8 Å². The van der Waals surface area contributed by atoms with Gasteiger partial charge in [0.15, 0.2) is 0 Å². The minimum absolute atomic E-state index is 0.110. The number of para-hydroxylation sites is 1. The van der Waals surface area contributed by atoms with Crippen molar-refractivity contribution in [2.24, 2.45) is 0 Å². The van der Waals surface area contributed by atoms with E-state index in [1.54, 1.807) is 0 Å². The number of carbonyl (C=O) groups is 1. The van der Waals surface area contributed by atoms with E-state index in [9.17, 15) is 9.90 Å². The lowest BCUT2D eigenvalue weighted by atomic mass is 10.2. The minimum Gasteiger partial charge on any atom is -0.390 e. The predicted molar refractivity (Wildman–Crippen MR) is 99.9 cm³/mol. The zero-order chi connectivity index (χ0) is 17.8. The number of amides is 1. The Hall–Kier alpha value is -1.47. The number of hydrogen-bond donors (Lipinski definition) is 1. The highest BCUT2D eigenvalue weighted by molar-refractivity contribution is 5.96. The number of rotatable bonds is 6. The molecule has 1 aromatic carbocycles. The lowest BCUT2D eigenvalue weighted by Gasteiger charge is -2.34. The summed E-state index contributed by atoms with van der Waals surface area (Å²) in [7, 11) is 4.04. The molecule has 2 aliphatic heterocycles. The van der Waals surface area contributed by atoms with E-state index >= 15 is 0 Å². The molecule has 1 unspecified atom stereocenters. The predicted octanol–water partition coefficient (Wildman–Crippen LogP) is 0.116. The fourth-order valence-electron chi connectivity index (χ4n) is 3.72. The van der Waals surface area contributed by atoms with Crippen LogP contribution in [0.3, 0.4) is 0 Å². The number of nitrogens with zero attached hydrogens (tertiary/aromatic N) is 4. The van der Waals surface area contributed by atoms with Gasteiger partial charge < -0.3 is 14.9 Å². The normalized spacial score (nSPS) is 20.1. The maximum Gasteiger partial charge on any atom is 0.241 e.